The van der Waals surface area contributed by atoms with Gasteiger partial charge in [0.15, 0.2) is 5.96 Å². The molecule has 148 valence electrons. The molecule has 0 spiro atoms. The summed E-state index contributed by atoms with van der Waals surface area (Å²) in [5.74, 6) is -0.0647. The van der Waals surface area contributed by atoms with E-state index in [-0.39, 0.29) is 11.9 Å². The van der Waals surface area contributed by atoms with Crippen molar-refractivity contribution in [2.45, 2.75) is 19.3 Å². The third-order valence-electron chi connectivity index (χ3n) is 4.73. The van der Waals surface area contributed by atoms with Crippen LogP contribution in [0.4, 0.5) is 5.69 Å². The second kappa shape index (κ2) is 9.52. The van der Waals surface area contributed by atoms with E-state index >= 15 is 0 Å². The Bertz CT molecular complexity index is 856. The van der Waals surface area contributed by atoms with Gasteiger partial charge in [-0.2, -0.15) is 0 Å². The number of rotatable bonds is 7. The Kier molecular flexibility index (Phi) is 6.84. The predicted molar refractivity (Wildman–Crippen MR) is 117 cm³/mol. The molecule has 1 aliphatic rings. The summed E-state index contributed by atoms with van der Waals surface area (Å²) in [6.07, 6.45) is 5.07. The van der Waals surface area contributed by atoms with Crippen LogP contribution in [0.1, 0.15) is 33.0 Å². The van der Waals surface area contributed by atoms with E-state index in [1.54, 1.807) is 11.3 Å². The average Bonchev–Trinajstić information content (AvgIpc) is 3.17. The first kappa shape index (κ1) is 20.1. The zero-order valence-corrected chi connectivity index (χ0v) is 16.9. The molecule has 0 fully saturated rings. The smallest absolute Gasteiger partial charge is 0.265 e. The van der Waals surface area contributed by atoms with E-state index in [0.29, 0.717) is 6.54 Å². The lowest BCUT2D eigenvalue weighted by atomic mass is 10.1. The normalized spacial score (nSPS) is 14.4. The first-order valence-electron chi connectivity index (χ1n) is 9.47. The van der Waals surface area contributed by atoms with Gasteiger partial charge in [-0.1, -0.05) is 18.2 Å². The summed E-state index contributed by atoms with van der Waals surface area (Å²) in [4.78, 5) is 16.8. The van der Waals surface area contributed by atoms with Crippen LogP contribution in [-0.2, 0) is 6.42 Å². The Balaban J connectivity index is 1.53. The molecule has 2 heterocycles. The van der Waals surface area contributed by atoms with Crippen molar-refractivity contribution in [1.29, 1.82) is 5.41 Å². The number of carbonyl (C=O) groups excluding carboxylic acids is 1. The van der Waals surface area contributed by atoms with E-state index in [4.69, 9.17) is 11.1 Å². The van der Waals surface area contributed by atoms with Gasteiger partial charge in [0.25, 0.3) is 5.91 Å². The summed E-state index contributed by atoms with van der Waals surface area (Å²) < 4.78 is 0. The monoisotopic (exact) mass is 397 g/mol. The van der Waals surface area contributed by atoms with Crippen molar-refractivity contribution in [1.82, 2.24) is 10.2 Å². The van der Waals surface area contributed by atoms with Crippen molar-refractivity contribution >= 4 is 34.5 Å². The van der Waals surface area contributed by atoms with Gasteiger partial charge in [-0.25, -0.2) is 0 Å². The maximum absolute atomic E-state index is 12.6. The molecule has 7 heteroatoms. The molecule has 6 nitrogen and oxygen atoms in total. The van der Waals surface area contributed by atoms with E-state index < -0.39 is 0 Å². The Labute approximate surface area is 169 Å². The molecule has 0 bridgehead atoms. The lowest BCUT2D eigenvalue weighted by Crippen LogP contribution is -2.31. The molecule has 1 aliphatic heterocycles. The van der Waals surface area contributed by atoms with Crippen LogP contribution in [0.15, 0.2) is 42.5 Å². The first-order valence-corrected chi connectivity index (χ1v) is 10.3. The highest BCUT2D eigenvalue weighted by Crippen LogP contribution is 2.29. The van der Waals surface area contributed by atoms with Gasteiger partial charge >= 0.3 is 0 Å². The SMILES string of the molecule is CN1CC=C(c2ccc(C(=O)Nc3ccc(CCCNC(=N)N)cc3)s2)CC1. The molecule has 0 saturated heterocycles. The van der Waals surface area contributed by atoms with Crippen LogP contribution in [0, 0.1) is 5.41 Å². The van der Waals surface area contributed by atoms with E-state index in [1.165, 1.54) is 16.0 Å². The summed E-state index contributed by atoms with van der Waals surface area (Å²) in [5, 5.41) is 12.9. The van der Waals surface area contributed by atoms with E-state index in [2.05, 4.69) is 34.7 Å². The largest absolute Gasteiger partial charge is 0.370 e. The molecule has 0 radical (unpaired) electrons. The average molecular weight is 398 g/mol. The standard InChI is InChI=1S/C21H27N5OS/c1-26-13-10-16(11-14-26)18-8-9-19(28-18)20(27)25-17-6-4-15(5-7-17)3-2-12-24-21(22)23/h4-10H,2-3,11-14H2,1H3,(H,25,27)(H4,22,23,24). The zero-order chi connectivity index (χ0) is 19.9. The van der Waals surface area contributed by atoms with Gasteiger partial charge in [-0.3, -0.25) is 10.2 Å². The lowest BCUT2D eigenvalue weighted by Gasteiger charge is -2.21. The van der Waals surface area contributed by atoms with Crippen LogP contribution < -0.4 is 16.4 Å². The molecule has 1 aromatic heterocycles. The minimum Gasteiger partial charge on any atom is -0.370 e. The molecule has 0 atom stereocenters. The van der Waals surface area contributed by atoms with Crippen molar-refractivity contribution < 1.29 is 4.79 Å². The highest BCUT2D eigenvalue weighted by atomic mass is 32.1. The Morgan fingerprint density at radius 3 is 2.71 bits per heavy atom. The number of hydrogen-bond donors (Lipinski definition) is 4. The molecular formula is C21H27N5OS. The molecule has 0 saturated carbocycles. The molecule has 0 unspecified atom stereocenters. The summed E-state index contributed by atoms with van der Waals surface area (Å²) in [7, 11) is 2.12. The molecule has 1 amide bonds. The topological polar surface area (TPSA) is 94.2 Å². The fourth-order valence-corrected chi connectivity index (χ4v) is 4.06. The third-order valence-corrected chi connectivity index (χ3v) is 5.89. The zero-order valence-electron chi connectivity index (χ0n) is 16.1. The second-order valence-corrected chi connectivity index (χ2v) is 8.08. The van der Waals surface area contributed by atoms with Gasteiger partial charge in [0.05, 0.1) is 4.88 Å². The Morgan fingerprint density at radius 2 is 2.04 bits per heavy atom. The quantitative estimate of drug-likeness (QED) is 0.328. The lowest BCUT2D eigenvalue weighted by molar-refractivity contribution is 0.103. The minimum atomic E-state index is -0.0665. The van der Waals surface area contributed by atoms with Gasteiger partial charge in [-0.05, 0) is 61.7 Å². The molecule has 1 aromatic carbocycles. The van der Waals surface area contributed by atoms with Crippen LogP contribution in [-0.4, -0.2) is 43.4 Å². The second-order valence-electron chi connectivity index (χ2n) is 7.00. The Morgan fingerprint density at radius 1 is 1.25 bits per heavy atom. The number of likely N-dealkylation sites (N-methyl/N-ethyl adjacent to an activating group) is 1. The number of guanidine groups is 1. The summed E-state index contributed by atoms with van der Waals surface area (Å²) in [5.41, 5.74) is 8.59. The highest BCUT2D eigenvalue weighted by molar-refractivity contribution is 7.15. The molecule has 28 heavy (non-hydrogen) atoms. The molecule has 5 N–H and O–H groups in total. The summed E-state index contributed by atoms with van der Waals surface area (Å²) >= 11 is 1.55. The number of carbonyl (C=O) groups is 1. The van der Waals surface area contributed by atoms with Gasteiger partial charge < -0.3 is 21.3 Å². The summed E-state index contributed by atoms with van der Waals surface area (Å²) in [6, 6.07) is 11.9. The van der Waals surface area contributed by atoms with Crippen molar-refractivity contribution in [3.8, 4) is 0 Å². The van der Waals surface area contributed by atoms with E-state index in [1.807, 2.05) is 30.3 Å². The van der Waals surface area contributed by atoms with Crippen LogP contribution in [0.25, 0.3) is 5.57 Å². The molecular weight excluding hydrogens is 370 g/mol. The first-order chi connectivity index (χ1) is 13.5. The predicted octanol–water partition coefficient (Wildman–Crippen LogP) is 3.13. The number of aryl methyl sites for hydroxylation is 1. The van der Waals surface area contributed by atoms with Crippen LogP contribution in [0.2, 0.25) is 0 Å². The number of anilines is 1. The van der Waals surface area contributed by atoms with E-state index in [0.717, 1.165) is 42.9 Å². The number of hydrogen-bond acceptors (Lipinski definition) is 4. The molecule has 2 aromatic rings. The number of thiophene rings is 1. The maximum atomic E-state index is 12.6. The van der Waals surface area contributed by atoms with Gasteiger partial charge in [0.1, 0.15) is 0 Å². The number of nitrogens with one attached hydrogen (secondary N) is 3. The van der Waals surface area contributed by atoms with Crippen molar-refractivity contribution in [3.63, 3.8) is 0 Å². The van der Waals surface area contributed by atoms with Gasteiger partial charge in [0, 0.05) is 30.2 Å². The van der Waals surface area contributed by atoms with Crippen molar-refractivity contribution in [3.05, 3.63) is 57.8 Å². The number of nitrogens with two attached hydrogens (primary N) is 1. The van der Waals surface area contributed by atoms with Crippen molar-refractivity contribution in [2.75, 3.05) is 32.0 Å². The summed E-state index contributed by atoms with van der Waals surface area (Å²) in [6.45, 7) is 2.70. The molecule has 3 rings (SSSR count). The minimum absolute atomic E-state index is 0.00177. The number of benzene rings is 1. The van der Waals surface area contributed by atoms with Gasteiger partial charge in [-0.15, -0.1) is 11.3 Å². The van der Waals surface area contributed by atoms with Gasteiger partial charge in [0.2, 0.25) is 0 Å². The fourth-order valence-electron chi connectivity index (χ4n) is 3.09. The van der Waals surface area contributed by atoms with E-state index in [9.17, 15) is 4.79 Å². The third kappa shape index (κ3) is 5.68. The van der Waals surface area contributed by atoms with Crippen LogP contribution >= 0.6 is 11.3 Å². The van der Waals surface area contributed by atoms with Crippen molar-refractivity contribution in [2.24, 2.45) is 5.73 Å². The number of amides is 1. The maximum Gasteiger partial charge on any atom is 0.265 e. The number of nitrogens with zero attached hydrogens (tertiary/aromatic N) is 1. The highest BCUT2D eigenvalue weighted by Gasteiger charge is 2.14. The van der Waals surface area contributed by atoms with Crippen LogP contribution in [0.5, 0.6) is 0 Å². The van der Waals surface area contributed by atoms with Crippen LogP contribution in [0.3, 0.4) is 0 Å². The fraction of sp³-hybridized carbons (Fsp3) is 0.333. The Hall–Kier alpha value is -2.64. The molecule has 0 aliphatic carbocycles.